The molecule has 0 heterocycles. The van der Waals surface area contributed by atoms with Crippen molar-refractivity contribution in [3.63, 3.8) is 0 Å². The SMILES string of the molecule is NNC(CCC1CCCC1)c1ccccc1C1CCC1. The molecule has 0 aliphatic heterocycles. The fourth-order valence-electron chi connectivity index (χ4n) is 3.95. The van der Waals surface area contributed by atoms with E-state index < -0.39 is 0 Å². The van der Waals surface area contributed by atoms with Crippen molar-refractivity contribution in [2.24, 2.45) is 11.8 Å². The van der Waals surface area contributed by atoms with E-state index in [2.05, 4.69) is 29.7 Å². The van der Waals surface area contributed by atoms with E-state index in [1.165, 1.54) is 63.4 Å². The minimum atomic E-state index is 0.340. The zero-order valence-corrected chi connectivity index (χ0v) is 12.5. The highest BCUT2D eigenvalue weighted by Crippen LogP contribution is 2.40. The first-order valence-corrected chi connectivity index (χ1v) is 8.43. The molecule has 0 radical (unpaired) electrons. The molecule has 3 rings (SSSR count). The van der Waals surface area contributed by atoms with Crippen LogP contribution in [0, 0.1) is 5.92 Å². The highest BCUT2D eigenvalue weighted by Gasteiger charge is 2.25. The number of hydrogen-bond donors (Lipinski definition) is 2. The van der Waals surface area contributed by atoms with Gasteiger partial charge in [0.1, 0.15) is 0 Å². The smallest absolute Gasteiger partial charge is 0.0462 e. The minimum Gasteiger partial charge on any atom is -0.271 e. The quantitative estimate of drug-likeness (QED) is 0.594. The molecule has 2 nitrogen and oxygen atoms in total. The molecule has 1 atom stereocenters. The lowest BCUT2D eigenvalue weighted by molar-refractivity contribution is 0.393. The van der Waals surface area contributed by atoms with Crippen LogP contribution in [0.4, 0.5) is 0 Å². The Morgan fingerprint density at radius 2 is 1.80 bits per heavy atom. The Bertz CT molecular complexity index is 419. The van der Waals surface area contributed by atoms with Gasteiger partial charge in [0.15, 0.2) is 0 Å². The van der Waals surface area contributed by atoms with Gasteiger partial charge in [-0.2, -0.15) is 0 Å². The average Bonchev–Trinajstić information content (AvgIpc) is 2.92. The van der Waals surface area contributed by atoms with Gasteiger partial charge in [0.25, 0.3) is 0 Å². The predicted octanol–water partition coefficient (Wildman–Crippen LogP) is 4.43. The van der Waals surface area contributed by atoms with E-state index in [1.807, 2.05) is 0 Å². The Kier molecular flexibility index (Phi) is 4.74. The lowest BCUT2D eigenvalue weighted by Crippen LogP contribution is -2.30. The van der Waals surface area contributed by atoms with Gasteiger partial charge < -0.3 is 0 Å². The van der Waals surface area contributed by atoms with Gasteiger partial charge in [0.05, 0.1) is 0 Å². The number of rotatable bonds is 6. The Morgan fingerprint density at radius 3 is 2.45 bits per heavy atom. The van der Waals surface area contributed by atoms with Crippen LogP contribution < -0.4 is 11.3 Å². The van der Waals surface area contributed by atoms with Gasteiger partial charge in [-0.05, 0) is 48.6 Å². The van der Waals surface area contributed by atoms with Crippen molar-refractivity contribution in [3.05, 3.63) is 35.4 Å². The van der Waals surface area contributed by atoms with Crippen LogP contribution in [0.15, 0.2) is 24.3 Å². The monoisotopic (exact) mass is 272 g/mol. The van der Waals surface area contributed by atoms with Crippen molar-refractivity contribution in [1.82, 2.24) is 5.43 Å². The summed E-state index contributed by atoms with van der Waals surface area (Å²) in [5, 5.41) is 0. The summed E-state index contributed by atoms with van der Waals surface area (Å²) in [5.41, 5.74) is 6.09. The van der Waals surface area contributed by atoms with Crippen LogP contribution in [-0.2, 0) is 0 Å². The van der Waals surface area contributed by atoms with Crippen molar-refractivity contribution in [1.29, 1.82) is 0 Å². The largest absolute Gasteiger partial charge is 0.271 e. The van der Waals surface area contributed by atoms with Gasteiger partial charge in [0.2, 0.25) is 0 Å². The van der Waals surface area contributed by atoms with Crippen molar-refractivity contribution < 1.29 is 0 Å². The van der Waals surface area contributed by atoms with E-state index in [1.54, 1.807) is 5.56 Å². The average molecular weight is 272 g/mol. The maximum atomic E-state index is 5.87. The van der Waals surface area contributed by atoms with Crippen LogP contribution in [0.2, 0.25) is 0 Å². The maximum absolute atomic E-state index is 5.87. The highest BCUT2D eigenvalue weighted by atomic mass is 15.2. The Balaban J connectivity index is 1.67. The Hall–Kier alpha value is -0.860. The molecular weight excluding hydrogens is 244 g/mol. The standard InChI is InChI=1S/C18H28N2/c19-20-18(13-12-14-6-1-2-7-14)17-11-4-3-10-16(17)15-8-5-9-15/h3-4,10-11,14-15,18,20H,1-2,5-9,12-13,19H2. The number of nitrogens with one attached hydrogen (secondary N) is 1. The van der Waals surface area contributed by atoms with Crippen LogP contribution in [-0.4, -0.2) is 0 Å². The normalized spacial score (nSPS) is 21.9. The molecule has 0 spiro atoms. The molecule has 20 heavy (non-hydrogen) atoms. The van der Waals surface area contributed by atoms with Gasteiger partial charge in [-0.15, -0.1) is 0 Å². The van der Waals surface area contributed by atoms with Gasteiger partial charge in [0, 0.05) is 6.04 Å². The number of hydrazine groups is 1. The first-order valence-electron chi connectivity index (χ1n) is 8.43. The van der Waals surface area contributed by atoms with E-state index in [0.29, 0.717) is 6.04 Å². The van der Waals surface area contributed by atoms with Crippen LogP contribution in [0.3, 0.4) is 0 Å². The molecule has 2 heteroatoms. The lowest BCUT2D eigenvalue weighted by Gasteiger charge is -2.30. The van der Waals surface area contributed by atoms with Gasteiger partial charge >= 0.3 is 0 Å². The topological polar surface area (TPSA) is 38.0 Å². The summed E-state index contributed by atoms with van der Waals surface area (Å²) >= 11 is 0. The zero-order chi connectivity index (χ0) is 13.8. The molecule has 2 aliphatic rings. The molecular formula is C18H28N2. The third-order valence-corrected chi connectivity index (χ3v) is 5.46. The summed E-state index contributed by atoms with van der Waals surface area (Å²) in [5.74, 6) is 7.60. The fraction of sp³-hybridized carbons (Fsp3) is 0.667. The van der Waals surface area contributed by atoms with Crippen LogP contribution >= 0.6 is 0 Å². The fourth-order valence-corrected chi connectivity index (χ4v) is 3.95. The van der Waals surface area contributed by atoms with E-state index in [4.69, 9.17) is 5.84 Å². The van der Waals surface area contributed by atoms with E-state index in [9.17, 15) is 0 Å². The second-order valence-corrected chi connectivity index (χ2v) is 6.70. The molecule has 1 aromatic carbocycles. The molecule has 0 amide bonds. The summed E-state index contributed by atoms with van der Waals surface area (Å²) in [4.78, 5) is 0. The second kappa shape index (κ2) is 6.73. The highest BCUT2D eigenvalue weighted by molar-refractivity contribution is 5.34. The summed E-state index contributed by atoms with van der Waals surface area (Å²) < 4.78 is 0. The minimum absolute atomic E-state index is 0.340. The van der Waals surface area contributed by atoms with E-state index >= 15 is 0 Å². The Labute approximate surface area is 123 Å². The van der Waals surface area contributed by atoms with Crippen molar-refractivity contribution in [2.75, 3.05) is 0 Å². The van der Waals surface area contributed by atoms with E-state index in [-0.39, 0.29) is 0 Å². The predicted molar refractivity (Wildman–Crippen MR) is 84.3 cm³/mol. The van der Waals surface area contributed by atoms with Crippen LogP contribution in [0.1, 0.15) is 80.9 Å². The lowest BCUT2D eigenvalue weighted by atomic mass is 9.76. The summed E-state index contributed by atoms with van der Waals surface area (Å²) in [6.45, 7) is 0. The number of hydrogen-bond acceptors (Lipinski definition) is 2. The molecule has 0 saturated heterocycles. The third kappa shape index (κ3) is 3.07. The molecule has 2 saturated carbocycles. The first-order chi connectivity index (χ1) is 9.88. The van der Waals surface area contributed by atoms with E-state index in [0.717, 1.165) is 11.8 Å². The van der Waals surface area contributed by atoms with Gasteiger partial charge in [-0.25, -0.2) is 0 Å². The number of benzene rings is 1. The second-order valence-electron chi connectivity index (χ2n) is 6.70. The van der Waals surface area contributed by atoms with Gasteiger partial charge in [-0.3, -0.25) is 11.3 Å². The van der Waals surface area contributed by atoms with Crippen molar-refractivity contribution in [3.8, 4) is 0 Å². The third-order valence-electron chi connectivity index (χ3n) is 5.46. The maximum Gasteiger partial charge on any atom is 0.0462 e. The molecule has 1 unspecified atom stereocenters. The molecule has 1 aromatic rings. The van der Waals surface area contributed by atoms with Crippen molar-refractivity contribution in [2.45, 2.75) is 69.7 Å². The van der Waals surface area contributed by atoms with Crippen molar-refractivity contribution >= 4 is 0 Å². The first kappa shape index (κ1) is 14.1. The van der Waals surface area contributed by atoms with Crippen LogP contribution in [0.5, 0.6) is 0 Å². The summed E-state index contributed by atoms with van der Waals surface area (Å²) in [6.07, 6.45) is 12.4. The molecule has 0 aromatic heterocycles. The number of nitrogens with two attached hydrogens (primary N) is 1. The molecule has 3 N–H and O–H groups in total. The molecule has 110 valence electrons. The summed E-state index contributed by atoms with van der Waals surface area (Å²) in [7, 11) is 0. The Morgan fingerprint density at radius 1 is 1.05 bits per heavy atom. The zero-order valence-electron chi connectivity index (χ0n) is 12.5. The molecule has 2 fully saturated rings. The molecule has 2 aliphatic carbocycles. The molecule has 0 bridgehead atoms. The van der Waals surface area contributed by atoms with Crippen LogP contribution in [0.25, 0.3) is 0 Å². The van der Waals surface area contributed by atoms with Gasteiger partial charge in [-0.1, -0.05) is 56.4 Å². The summed E-state index contributed by atoms with van der Waals surface area (Å²) in [6, 6.07) is 9.29.